The maximum atomic E-state index is 11.9. The third-order valence-electron chi connectivity index (χ3n) is 2.29. The summed E-state index contributed by atoms with van der Waals surface area (Å²) < 4.78 is 14.8. The van der Waals surface area contributed by atoms with Crippen molar-refractivity contribution in [1.29, 1.82) is 0 Å². The molecular formula is C15H18O5. The average molecular weight is 278 g/mol. The molecule has 0 fully saturated rings. The molecule has 0 amide bonds. The van der Waals surface area contributed by atoms with Crippen LogP contribution in [0.2, 0.25) is 0 Å². The van der Waals surface area contributed by atoms with Crippen LogP contribution in [0.5, 0.6) is 0 Å². The van der Waals surface area contributed by atoms with E-state index >= 15 is 0 Å². The molecule has 0 spiro atoms. The lowest BCUT2D eigenvalue weighted by atomic mass is 10.1. The minimum Gasteiger partial charge on any atom is -0.460 e. The summed E-state index contributed by atoms with van der Waals surface area (Å²) in [7, 11) is 1.51. The molecule has 0 aliphatic heterocycles. The Labute approximate surface area is 118 Å². The predicted octanol–water partition coefficient (Wildman–Crippen LogP) is 2.57. The molecule has 5 nitrogen and oxygen atoms in total. The van der Waals surface area contributed by atoms with Crippen molar-refractivity contribution in [2.24, 2.45) is 0 Å². The molecule has 0 atom stereocenters. The second-order valence-electron chi connectivity index (χ2n) is 4.27. The van der Waals surface area contributed by atoms with Crippen LogP contribution in [0, 0.1) is 0 Å². The third-order valence-corrected chi connectivity index (χ3v) is 2.29. The van der Waals surface area contributed by atoms with Crippen molar-refractivity contribution in [3.05, 3.63) is 47.2 Å². The quantitative estimate of drug-likeness (QED) is 0.454. The van der Waals surface area contributed by atoms with Gasteiger partial charge in [-0.05, 0) is 31.6 Å². The van der Waals surface area contributed by atoms with Crippen molar-refractivity contribution < 1.29 is 23.8 Å². The molecule has 1 aromatic rings. The summed E-state index contributed by atoms with van der Waals surface area (Å²) in [6, 6.07) is 6.36. The molecule has 0 unspecified atom stereocenters. The molecule has 0 bridgehead atoms. The molecule has 1 aromatic carbocycles. The Bertz CT molecular complexity index is 501. The summed E-state index contributed by atoms with van der Waals surface area (Å²) in [5.74, 6) is -1.17. The van der Waals surface area contributed by atoms with Crippen LogP contribution in [0.25, 0.3) is 0 Å². The van der Waals surface area contributed by atoms with E-state index < -0.39 is 11.9 Å². The Balaban J connectivity index is 2.84. The lowest BCUT2D eigenvalue weighted by Crippen LogP contribution is -2.14. The van der Waals surface area contributed by atoms with Crippen LogP contribution in [-0.2, 0) is 14.2 Å². The van der Waals surface area contributed by atoms with Gasteiger partial charge in [0.25, 0.3) is 0 Å². The van der Waals surface area contributed by atoms with Gasteiger partial charge in [0, 0.05) is 7.11 Å². The summed E-state index contributed by atoms with van der Waals surface area (Å²) in [5, 5.41) is 0. The van der Waals surface area contributed by atoms with Gasteiger partial charge in [-0.2, -0.15) is 0 Å². The van der Waals surface area contributed by atoms with Crippen molar-refractivity contribution >= 4 is 11.9 Å². The lowest BCUT2D eigenvalue weighted by molar-refractivity contribution is 0.0381. The number of carbonyl (C=O) groups excluding carboxylic acids is 2. The number of rotatable bonds is 6. The standard InChI is InChI=1S/C15H18O5/c1-11(2)10-20-15(17)13-7-5-4-6-12(13)14(16)19-9-8-18-3/h4-7,10H,8-9H2,1-3H3. The van der Waals surface area contributed by atoms with E-state index in [1.807, 2.05) is 0 Å². The molecular weight excluding hydrogens is 260 g/mol. The van der Waals surface area contributed by atoms with E-state index in [1.54, 1.807) is 26.0 Å². The fraction of sp³-hybridized carbons (Fsp3) is 0.333. The Morgan fingerprint density at radius 3 is 2.20 bits per heavy atom. The maximum absolute atomic E-state index is 11.9. The highest BCUT2D eigenvalue weighted by atomic mass is 16.6. The minimum absolute atomic E-state index is 0.132. The fourth-order valence-electron chi connectivity index (χ4n) is 1.37. The van der Waals surface area contributed by atoms with Crippen molar-refractivity contribution in [3.8, 4) is 0 Å². The Kier molecular flexibility index (Phi) is 6.46. The molecule has 0 N–H and O–H groups in total. The molecule has 0 saturated heterocycles. The molecule has 0 heterocycles. The normalized spacial score (nSPS) is 9.75. The topological polar surface area (TPSA) is 61.8 Å². The van der Waals surface area contributed by atoms with Crippen LogP contribution >= 0.6 is 0 Å². The van der Waals surface area contributed by atoms with Crippen LogP contribution in [0.4, 0.5) is 0 Å². The molecule has 1 rings (SSSR count). The van der Waals surface area contributed by atoms with Crippen molar-refractivity contribution in [1.82, 2.24) is 0 Å². The average Bonchev–Trinajstić information content (AvgIpc) is 2.44. The fourth-order valence-corrected chi connectivity index (χ4v) is 1.37. The van der Waals surface area contributed by atoms with E-state index in [2.05, 4.69) is 0 Å². The first-order valence-corrected chi connectivity index (χ1v) is 6.15. The summed E-state index contributed by atoms with van der Waals surface area (Å²) in [4.78, 5) is 23.8. The number of allylic oxidation sites excluding steroid dienone is 1. The maximum Gasteiger partial charge on any atom is 0.343 e. The lowest BCUT2D eigenvalue weighted by Gasteiger charge is -2.08. The number of hydrogen-bond donors (Lipinski definition) is 0. The van der Waals surface area contributed by atoms with Gasteiger partial charge >= 0.3 is 11.9 Å². The molecule has 0 aliphatic carbocycles. The number of carbonyl (C=O) groups is 2. The smallest absolute Gasteiger partial charge is 0.343 e. The first kappa shape index (κ1) is 15.9. The zero-order chi connectivity index (χ0) is 15.0. The second-order valence-corrected chi connectivity index (χ2v) is 4.27. The largest absolute Gasteiger partial charge is 0.460 e. The highest BCUT2D eigenvalue weighted by Crippen LogP contribution is 2.12. The molecule has 5 heteroatoms. The van der Waals surface area contributed by atoms with E-state index in [-0.39, 0.29) is 17.7 Å². The van der Waals surface area contributed by atoms with Gasteiger partial charge in [-0.15, -0.1) is 0 Å². The number of methoxy groups -OCH3 is 1. The highest BCUT2D eigenvalue weighted by molar-refractivity contribution is 6.03. The first-order chi connectivity index (χ1) is 9.56. The van der Waals surface area contributed by atoms with Gasteiger partial charge in [0.15, 0.2) is 0 Å². The molecule has 0 saturated carbocycles. The molecule has 108 valence electrons. The second kappa shape index (κ2) is 8.12. The van der Waals surface area contributed by atoms with Gasteiger partial charge in [0.1, 0.15) is 6.61 Å². The SMILES string of the molecule is COCCOC(=O)c1ccccc1C(=O)OC=C(C)C. The van der Waals surface area contributed by atoms with Gasteiger partial charge in [-0.1, -0.05) is 12.1 Å². The molecule has 0 aromatic heterocycles. The predicted molar refractivity (Wildman–Crippen MR) is 73.4 cm³/mol. The third kappa shape index (κ3) is 4.85. The van der Waals surface area contributed by atoms with E-state index in [1.165, 1.54) is 25.5 Å². The molecule has 20 heavy (non-hydrogen) atoms. The number of esters is 2. The van der Waals surface area contributed by atoms with Crippen LogP contribution < -0.4 is 0 Å². The van der Waals surface area contributed by atoms with Crippen LogP contribution in [0.3, 0.4) is 0 Å². The Hall–Kier alpha value is -2.14. The van der Waals surface area contributed by atoms with E-state index in [4.69, 9.17) is 14.2 Å². The summed E-state index contributed by atoms with van der Waals surface area (Å²) in [6.45, 7) is 4.04. The highest BCUT2D eigenvalue weighted by Gasteiger charge is 2.18. The van der Waals surface area contributed by atoms with E-state index in [9.17, 15) is 9.59 Å². The number of hydrogen-bond acceptors (Lipinski definition) is 5. The van der Waals surface area contributed by atoms with Crippen LogP contribution in [0.15, 0.2) is 36.1 Å². The first-order valence-electron chi connectivity index (χ1n) is 6.15. The Morgan fingerprint density at radius 1 is 1.05 bits per heavy atom. The monoisotopic (exact) mass is 278 g/mol. The van der Waals surface area contributed by atoms with Crippen LogP contribution in [0.1, 0.15) is 34.6 Å². The zero-order valence-corrected chi connectivity index (χ0v) is 11.8. The van der Waals surface area contributed by atoms with E-state index in [0.717, 1.165) is 5.57 Å². The van der Waals surface area contributed by atoms with Gasteiger partial charge in [0.2, 0.25) is 0 Å². The summed E-state index contributed by atoms with van der Waals surface area (Å²) >= 11 is 0. The number of benzene rings is 1. The zero-order valence-electron chi connectivity index (χ0n) is 11.8. The van der Waals surface area contributed by atoms with Gasteiger partial charge in [-0.25, -0.2) is 9.59 Å². The van der Waals surface area contributed by atoms with Crippen LogP contribution in [-0.4, -0.2) is 32.3 Å². The van der Waals surface area contributed by atoms with Crippen molar-refractivity contribution in [2.45, 2.75) is 13.8 Å². The van der Waals surface area contributed by atoms with E-state index in [0.29, 0.717) is 6.61 Å². The molecule has 0 radical (unpaired) electrons. The van der Waals surface area contributed by atoms with Gasteiger partial charge in [0.05, 0.1) is 24.0 Å². The summed E-state index contributed by atoms with van der Waals surface area (Å²) in [6.07, 6.45) is 1.34. The minimum atomic E-state index is -0.592. The van der Waals surface area contributed by atoms with Crippen molar-refractivity contribution in [2.75, 3.05) is 20.3 Å². The molecule has 0 aliphatic rings. The van der Waals surface area contributed by atoms with Crippen molar-refractivity contribution in [3.63, 3.8) is 0 Å². The summed E-state index contributed by atoms with van der Waals surface area (Å²) in [5.41, 5.74) is 1.20. The van der Waals surface area contributed by atoms with Gasteiger partial charge in [-0.3, -0.25) is 0 Å². The Morgan fingerprint density at radius 2 is 1.65 bits per heavy atom. The van der Waals surface area contributed by atoms with Gasteiger partial charge < -0.3 is 14.2 Å². The number of ether oxygens (including phenoxy) is 3.